The first-order valence-corrected chi connectivity index (χ1v) is 7.71. The van der Waals surface area contributed by atoms with Crippen LogP contribution in [-0.2, 0) is 6.61 Å². The second-order valence-electron chi connectivity index (χ2n) is 6.09. The van der Waals surface area contributed by atoms with Gasteiger partial charge in [-0.2, -0.15) is 0 Å². The molecule has 0 saturated carbocycles. The fourth-order valence-corrected chi connectivity index (χ4v) is 2.47. The van der Waals surface area contributed by atoms with E-state index in [0.29, 0.717) is 12.6 Å². The lowest BCUT2D eigenvalue weighted by molar-refractivity contribution is 0.151. The van der Waals surface area contributed by atoms with Crippen LogP contribution in [0.5, 0.6) is 5.75 Å². The van der Waals surface area contributed by atoms with Crippen LogP contribution in [0.3, 0.4) is 0 Å². The highest BCUT2D eigenvalue weighted by Gasteiger charge is 2.22. The smallest absolute Gasteiger partial charge is 0.124 e. The van der Waals surface area contributed by atoms with Gasteiger partial charge in [0.05, 0.1) is 19.8 Å². The van der Waals surface area contributed by atoms with Crippen molar-refractivity contribution in [1.29, 1.82) is 0 Å². The molecule has 0 aliphatic rings. The third-order valence-corrected chi connectivity index (χ3v) is 3.51. The topological polar surface area (TPSA) is 61.7 Å². The Kier molecular flexibility index (Phi) is 7.72. The zero-order valence-corrected chi connectivity index (χ0v) is 13.4. The van der Waals surface area contributed by atoms with Gasteiger partial charge in [0.25, 0.3) is 0 Å². The van der Waals surface area contributed by atoms with Crippen LogP contribution in [0.2, 0.25) is 0 Å². The number of unbranched alkanes of at least 4 members (excludes halogenated alkanes) is 1. The Morgan fingerprint density at radius 3 is 2.52 bits per heavy atom. The molecule has 0 saturated heterocycles. The lowest BCUT2D eigenvalue weighted by atomic mass is 9.95. The van der Waals surface area contributed by atoms with E-state index < -0.39 is 0 Å². The zero-order chi connectivity index (χ0) is 15.7. The molecule has 0 bridgehead atoms. The summed E-state index contributed by atoms with van der Waals surface area (Å²) in [5, 5.41) is 22.2. The number of para-hydroxylation sites is 1. The normalized spacial score (nSPS) is 14.2. The number of hydrogen-bond donors (Lipinski definition) is 3. The maximum atomic E-state index is 9.52. The van der Waals surface area contributed by atoms with Crippen molar-refractivity contribution in [2.24, 2.45) is 0 Å². The Labute approximate surface area is 128 Å². The molecule has 0 heterocycles. The van der Waals surface area contributed by atoms with Crippen LogP contribution in [0.1, 0.15) is 45.6 Å². The van der Waals surface area contributed by atoms with E-state index in [9.17, 15) is 10.2 Å². The Balaban J connectivity index is 2.31. The van der Waals surface area contributed by atoms with Crippen LogP contribution in [0.25, 0.3) is 0 Å². The van der Waals surface area contributed by atoms with E-state index in [2.05, 4.69) is 26.1 Å². The molecule has 4 heteroatoms. The highest BCUT2D eigenvalue weighted by Crippen LogP contribution is 2.19. The predicted molar refractivity (Wildman–Crippen MR) is 85.5 cm³/mol. The monoisotopic (exact) mass is 295 g/mol. The van der Waals surface area contributed by atoms with Crippen molar-refractivity contribution in [2.75, 3.05) is 13.2 Å². The fourth-order valence-electron chi connectivity index (χ4n) is 2.47. The van der Waals surface area contributed by atoms with E-state index in [0.717, 1.165) is 30.6 Å². The SMILES string of the molecule is CC(C)NC(C)(CO)CCCCOc1ccccc1CO. The Morgan fingerprint density at radius 1 is 1.19 bits per heavy atom. The first-order valence-electron chi connectivity index (χ1n) is 7.71. The summed E-state index contributed by atoms with van der Waals surface area (Å²) >= 11 is 0. The van der Waals surface area contributed by atoms with Crippen LogP contribution >= 0.6 is 0 Å². The number of rotatable bonds is 10. The second-order valence-corrected chi connectivity index (χ2v) is 6.09. The van der Waals surface area contributed by atoms with E-state index in [1.165, 1.54) is 0 Å². The largest absolute Gasteiger partial charge is 0.493 e. The quantitative estimate of drug-likeness (QED) is 0.580. The maximum absolute atomic E-state index is 9.52. The number of hydrogen-bond acceptors (Lipinski definition) is 4. The molecule has 0 aliphatic heterocycles. The summed E-state index contributed by atoms with van der Waals surface area (Å²) in [7, 11) is 0. The van der Waals surface area contributed by atoms with Gasteiger partial charge in [-0.15, -0.1) is 0 Å². The fraction of sp³-hybridized carbons (Fsp3) is 0.647. The molecule has 0 radical (unpaired) electrons. The van der Waals surface area contributed by atoms with Crippen molar-refractivity contribution in [3.8, 4) is 5.75 Å². The van der Waals surface area contributed by atoms with Crippen molar-refractivity contribution in [3.63, 3.8) is 0 Å². The maximum Gasteiger partial charge on any atom is 0.124 e. The van der Waals surface area contributed by atoms with Gasteiger partial charge < -0.3 is 20.3 Å². The molecular formula is C17H29NO3. The summed E-state index contributed by atoms with van der Waals surface area (Å²) in [5.41, 5.74) is 0.594. The van der Waals surface area contributed by atoms with Gasteiger partial charge in [-0.25, -0.2) is 0 Å². The van der Waals surface area contributed by atoms with Gasteiger partial charge in [-0.05, 0) is 32.3 Å². The third kappa shape index (κ3) is 6.46. The Bertz CT molecular complexity index is 409. The molecule has 4 nitrogen and oxygen atoms in total. The molecule has 1 rings (SSSR count). The minimum Gasteiger partial charge on any atom is -0.493 e. The van der Waals surface area contributed by atoms with Gasteiger partial charge >= 0.3 is 0 Å². The third-order valence-electron chi connectivity index (χ3n) is 3.51. The second kappa shape index (κ2) is 9.03. The highest BCUT2D eigenvalue weighted by atomic mass is 16.5. The van der Waals surface area contributed by atoms with Crippen LogP contribution in [-0.4, -0.2) is 35.0 Å². The summed E-state index contributed by atoms with van der Waals surface area (Å²) in [4.78, 5) is 0. The van der Waals surface area contributed by atoms with Crippen molar-refractivity contribution in [1.82, 2.24) is 5.32 Å². The number of aliphatic hydroxyl groups excluding tert-OH is 2. The number of benzene rings is 1. The molecule has 1 atom stereocenters. The first-order chi connectivity index (χ1) is 10.0. The van der Waals surface area contributed by atoms with E-state index >= 15 is 0 Å². The average molecular weight is 295 g/mol. The highest BCUT2D eigenvalue weighted by molar-refractivity contribution is 5.32. The minimum absolute atomic E-state index is 0.00291. The molecule has 0 aliphatic carbocycles. The molecular weight excluding hydrogens is 266 g/mol. The van der Waals surface area contributed by atoms with Gasteiger partial charge in [0.15, 0.2) is 0 Å². The number of aliphatic hydroxyl groups is 2. The van der Waals surface area contributed by atoms with Crippen molar-refractivity contribution in [3.05, 3.63) is 29.8 Å². The Hall–Kier alpha value is -1.10. The zero-order valence-electron chi connectivity index (χ0n) is 13.4. The van der Waals surface area contributed by atoms with Gasteiger partial charge in [0, 0.05) is 17.1 Å². The molecule has 21 heavy (non-hydrogen) atoms. The van der Waals surface area contributed by atoms with Crippen LogP contribution < -0.4 is 10.1 Å². The summed E-state index contributed by atoms with van der Waals surface area (Å²) < 4.78 is 5.71. The molecule has 1 unspecified atom stereocenters. The standard InChI is InChI=1S/C17H29NO3/c1-14(2)18-17(3,13-20)10-6-7-11-21-16-9-5-4-8-15(16)12-19/h4-5,8-9,14,18-20H,6-7,10-13H2,1-3H3. The van der Waals surface area contributed by atoms with Crippen molar-refractivity contribution < 1.29 is 14.9 Å². The van der Waals surface area contributed by atoms with E-state index in [1.54, 1.807) is 0 Å². The lowest BCUT2D eigenvalue weighted by Gasteiger charge is -2.31. The molecule has 3 N–H and O–H groups in total. The molecule has 0 aromatic heterocycles. The van der Waals surface area contributed by atoms with Crippen molar-refractivity contribution >= 4 is 0 Å². The van der Waals surface area contributed by atoms with Crippen LogP contribution in [0.4, 0.5) is 0 Å². The molecule has 1 aromatic carbocycles. The summed E-state index contributed by atoms with van der Waals surface area (Å²) in [6.07, 6.45) is 2.82. The molecule has 0 amide bonds. The predicted octanol–water partition coefficient (Wildman–Crippen LogP) is 2.48. The molecule has 0 spiro atoms. The van der Waals surface area contributed by atoms with Crippen LogP contribution in [0, 0.1) is 0 Å². The van der Waals surface area contributed by atoms with E-state index in [1.807, 2.05) is 24.3 Å². The first kappa shape index (κ1) is 18.0. The summed E-state index contributed by atoms with van der Waals surface area (Å²) in [5.74, 6) is 0.755. The van der Waals surface area contributed by atoms with Gasteiger partial charge in [-0.3, -0.25) is 0 Å². The number of nitrogens with one attached hydrogen (secondary N) is 1. The summed E-state index contributed by atoms with van der Waals surface area (Å²) in [6, 6.07) is 7.90. The van der Waals surface area contributed by atoms with Crippen molar-refractivity contribution in [2.45, 2.75) is 58.2 Å². The molecule has 0 fully saturated rings. The molecule has 1 aromatic rings. The van der Waals surface area contributed by atoms with Gasteiger partial charge in [0.1, 0.15) is 5.75 Å². The lowest BCUT2D eigenvalue weighted by Crippen LogP contribution is -2.49. The van der Waals surface area contributed by atoms with E-state index in [4.69, 9.17) is 4.74 Å². The van der Waals surface area contributed by atoms with Gasteiger partial charge in [-0.1, -0.05) is 32.0 Å². The summed E-state index contributed by atoms with van der Waals surface area (Å²) in [6.45, 7) is 6.98. The minimum atomic E-state index is -0.225. The Morgan fingerprint density at radius 2 is 1.90 bits per heavy atom. The van der Waals surface area contributed by atoms with Crippen LogP contribution in [0.15, 0.2) is 24.3 Å². The molecule has 120 valence electrons. The number of ether oxygens (including phenoxy) is 1. The van der Waals surface area contributed by atoms with E-state index in [-0.39, 0.29) is 18.8 Å². The van der Waals surface area contributed by atoms with Gasteiger partial charge in [0.2, 0.25) is 0 Å². The average Bonchev–Trinajstić information content (AvgIpc) is 2.46.